The maximum absolute atomic E-state index is 5.93. The molecule has 2 rings (SSSR count). The number of hydrogen-bond acceptors (Lipinski definition) is 3. The monoisotopic (exact) mass is 245 g/mol. The Bertz CT molecular complexity index is 514. The summed E-state index contributed by atoms with van der Waals surface area (Å²) in [6.07, 6.45) is 0. The molecule has 1 heterocycles. The SMILES string of the molecule is CCOc1ccc(-c2c(N)n[nH]c2C(C)C)cc1. The second kappa shape index (κ2) is 5.12. The number of nitrogens with two attached hydrogens (primary N) is 1. The minimum atomic E-state index is 0.358. The molecular formula is C14H19N3O. The third kappa shape index (κ3) is 2.32. The number of rotatable bonds is 4. The van der Waals surface area contributed by atoms with Crippen LogP contribution in [-0.2, 0) is 0 Å². The summed E-state index contributed by atoms with van der Waals surface area (Å²) < 4.78 is 5.43. The van der Waals surface area contributed by atoms with Crippen LogP contribution in [-0.4, -0.2) is 16.8 Å². The number of nitrogens with one attached hydrogen (secondary N) is 1. The van der Waals surface area contributed by atoms with Gasteiger partial charge in [0.1, 0.15) is 5.75 Å². The molecule has 1 aromatic carbocycles. The molecule has 0 spiro atoms. The van der Waals surface area contributed by atoms with Crippen molar-refractivity contribution >= 4 is 5.82 Å². The lowest BCUT2D eigenvalue weighted by molar-refractivity contribution is 0.340. The van der Waals surface area contributed by atoms with E-state index >= 15 is 0 Å². The zero-order valence-corrected chi connectivity index (χ0v) is 11.0. The van der Waals surface area contributed by atoms with Gasteiger partial charge < -0.3 is 10.5 Å². The van der Waals surface area contributed by atoms with Crippen LogP contribution in [0.15, 0.2) is 24.3 Å². The van der Waals surface area contributed by atoms with Crippen molar-refractivity contribution in [1.82, 2.24) is 10.2 Å². The van der Waals surface area contributed by atoms with Crippen LogP contribution < -0.4 is 10.5 Å². The molecule has 0 atom stereocenters. The zero-order chi connectivity index (χ0) is 13.1. The highest BCUT2D eigenvalue weighted by Crippen LogP contribution is 2.32. The molecule has 0 bridgehead atoms. The normalized spacial score (nSPS) is 10.9. The summed E-state index contributed by atoms with van der Waals surface area (Å²) in [5.41, 5.74) is 9.06. The Morgan fingerprint density at radius 2 is 1.94 bits per heavy atom. The average Bonchev–Trinajstić information content (AvgIpc) is 2.73. The number of aromatic nitrogens is 2. The Balaban J connectivity index is 2.39. The molecule has 0 fully saturated rings. The van der Waals surface area contributed by atoms with E-state index < -0.39 is 0 Å². The summed E-state index contributed by atoms with van der Waals surface area (Å²) >= 11 is 0. The van der Waals surface area contributed by atoms with Crippen molar-refractivity contribution in [3.8, 4) is 16.9 Å². The minimum Gasteiger partial charge on any atom is -0.494 e. The van der Waals surface area contributed by atoms with Crippen molar-refractivity contribution in [2.75, 3.05) is 12.3 Å². The van der Waals surface area contributed by atoms with Gasteiger partial charge in [0.15, 0.2) is 5.82 Å². The quantitative estimate of drug-likeness (QED) is 0.869. The van der Waals surface area contributed by atoms with Crippen LogP contribution in [0.5, 0.6) is 5.75 Å². The number of anilines is 1. The molecule has 0 saturated heterocycles. The van der Waals surface area contributed by atoms with Gasteiger partial charge in [-0.1, -0.05) is 26.0 Å². The van der Waals surface area contributed by atoms with E-state index in [2.05, 4.69) is 24.0 Å². The molecule has 2 aromatic rings. The lowest BCUT2D eigenvalue weighted by atomic mass is 9.99. The molecule has 0 saturated carbocycles. The number of nitrogen functional groups attached to an aromatic ring is 1. The van der Waals surface area contributed by atoms with Gasteiger partial charge in [-0.05, 0) is 30.5 Å². The molecule has 0 aliphatic heterocycles. The number of aromatic amines is 1. The molecule has 0 unspecified atom stereocenters. The topological polar surface area (TPSA) is 63.9 Å². The van der Waals surface area contributed by atoms with Crippen molar-refractivity contribution in [2.45, 2.75) is 26.7 Å². The van der Waals surface area contributed by atoms with E-state index in [1.807, 2.05) is 31.2 Å². The number of nitrogens with zero attached hydrogens (tertiary/aromatic N) is 1. The first-order chi connectivity index (χ1) is 8.63. The highest BCUT2D eigenvalue weighted by molar-refractivity contribution is 5.76. The van der Waals surface area contributed by atoms with Crippen molar-refractivity contribution in [2.24, 2.45) is 0 Å². The smallest absolute Gasteiger partial charge is 0.153 e. The summed E-state index contributed by atoms with van der Waals surface area (Å²) in [7, 11) is 0. The molecule has 18 heavy (non-hydrogen) atoms. The molecule has 1 aromatic heterocycles. The van der Waals surface area contributed by atoms with Gasteiger partial charge in [-0.15, -0.1) is 0 Å². The summed E-state index contributed by atoms with van der Waals surface area (Å²) in [5, 5.41) is 7.10. The first-order valence-corrected chi connectivity index (χ1v) is 6.20. The fourth-order valence-corrected chi connectivity index (χ4v) is 1.98. The molecule has 0 radical (unpaired) electrons. The Labute approximate surface area is 107 Å². The summed E-state index contributed by atoms with van der Waals surface area (Å²) in [6, 6.07) is 7.93. The molecule has 96 valence electrons. The third-order valence-corrected chi connectivity index (χ3v) is 2.85. The van der Waals surface area contributed by atoms with Gasteiger partial charge in [-0.2, -0.15) is 5.10 Å². The van der Waals surface area contributed by atoms with Crippen molar-refractivity contribution in [3.63, 3.8) is 0 Å². The van der Waals surface area contributed by atoms with E-state index in [1.54, 1.807) is 0 Å². The lowest BCUT2D eigenvalue weighted by Crippen LogP contribution is -1.94. The van der Waals surface area contributed by atoms with E-state index in [0.29, 0.717) is 18.3 Å². The largest absolute Gasteiger partial charge is 0.494 e. The molecule has 3 N–H and O–H groups in total. The number of hydrogen-bond donors (Lipinski definition) is 2. The van der Waals surface area contributed by atoms with Crippen molar-refractivity contribution in [1.29, 1.82) is 0 Å². The number of ether oxygens (including phenoxy) is 1. The molecule has 0 aliphatic rings. The first-order valence-electron chi connectivity index (χ1n) is 6.20. The van der Waals surface area contributed by atoms with Crippen LogP contribution >= 0.6 is 0 Å². The molecule has 4 nitrogen and oxygen atoms in total. The van der Waals surface area contributed by atoms with Crippen LogP contribution in [0.3, 0.4) is 0 Å². The van der Waals surface area contributed by atoms with Gasteiger partial charge in [0.05, 0.1) is 6.61 Å². The Hall–Kier alpha value is -1.97. The Morgan fingerprint density at radius 1 is 1.28 bits per heavy atom. The predicted octanol–water partition coefficient (Wildman–Crippen LogP) is 3.18. The average molecular weight is 245 g/mol. The molecule has 4 heteroatoms. The van der Waals surface area contributed by atoms with Gasteiger partial charge in [0, 0.05) is 11.3 Å². The highest BCUT2D eigenvalue weighted by Gasteiger charge is 2.15. The van der Waals surface area contributed by atoms with Gasteiger partial charge in [-0.3, -0.25) is 5.10 Å². The van der Waals surface area contributed by atoms with E-state index in [0.717, 1.165) is 22.6 Å². The molecule has 0 amide bonds. The number of benzene rings is 1. The predicted molar refractivity (Wildman–Crippen MR) is 73.7 cm³/mol. The van der Waals surface area contributed by atoms with Crippen LogP contribution in [0, 0.1) is 0 Å². The minimum absolute atomic E-state index is 0.358. The fourth-order valence-electron chi connectivity index (χ4n) is 1.98. The Kier molecular flexibility index (Phi) is 3.55. The first kappa shape index (κ1) is 12.5. The van der Waals surface area contributed by atoms with Crippen LogP contribution in [0.25, 0.3) is 11.1 Å². The lowest BCUT2D eigenvalue weighted by Gasteiger charge is -2.08. The van der Waals surface area contributed by atoms with Crippen molar-refractivity contribution in [3.05, 3.63) is 30.0 Å². The van der Waals surface area contributed by atoms with E-state index in [4.69, 9.17) is 10.5 Å². The van der Waals surface area contributed by atoms with E-state index in [-0.39, 0.29) is 0 Å². The fraction of sp³-hybridized carbons (Fsp3) is 0.357. The van der Waals surface area contributed by atoms with Crippen LogP contribution in [0.2, 0.25) is 0 Å². The van der Waals surface area contributed by atoms with Crippen LogP contribution in [0.1, 0.15) is 32.4 Å². The summed E-state index contributed by atoms with van der Waals surface area (Å²) in [6.45, 7) is 6.87. The second-order valence-electron chi connectivity index (χ2n) is 4.51. The maximum atomic E-state index is 5.93. The maximum Gasteiger partial charge on any atom is 0.153 e. The number of H-pyrrole nitrogens is 1. The summed E-state index contributed by atoms with van der Waals surface area (Å²) in [5.74, 6) is 1.77. The highest BCUT2D eigenvalue weighted by atomic mass is 16.5. The standard InChI is InChI=1S/C14H19N3O/c1-4-18-11-7-5-10(6-8-11)12-13(9(2)3)16-17-14(12)15/h5-9H,4H2,1-3H3,(H3,15,16,17). The second-order valence-corrected chi connectivity index (χ2v) is 4.51. The van der Waals surface area contributed by atoms with Crippen LogP contribution in [0.4, 0.5) is 5.82 Å². The van der Waals surface area contributed by atoms with Crippen molar-refractivity contribution < 1.29 is 4.74 Å². The summed E-state index contributed by atoms with van der Waals surface area (Å²) in [4.78, 5) is 0. The van der Waals surface area contributed by atoms with Gasteiger partial charge in [-0.25, -0.2) is 0 Å². The third-order valence-electron chi connectivity index (χ3n) is 2.85. The van der Waals surface area contributed by atoms with Gasteiger partial charge in [0.25, 0.3) is 0 Å². The van der Waals surface area contributed by atoms with E-state index in [1.165, 1.54) is 0 Å². The van der Waals surface area contributed by atoms with E-state index in [9.17, 15) is 0 Å². The van der Waals surface area contributed by atoms with Gasteiger partial charge >= 0.3 is 0 Å². The zero-order valence-electron chi connectivity index (χ0n) is 11.0. The van der Waals surface area contributed by atoms with Gasteiger partial charge in [0.2, 0.25) is 0 Å². The Morgan fingerprint density at radius 3 is 2.50 bits per heavy atom. The molecular weight excluding hydrogens is 226 g/mol. The molecule has 0 aliphatic carbocycles.